The van der Waals surface area contributed by atoms with E-state index in [1.165, 1.54) is 18.3 Å². The molecule has 8 heteroatoms. The zero-order valence-electron chi connectivity index (χ0n) is 15.6. The van der Waals surface area contributed by atoms with Gasteiger partial charge in [-0.3, -0.25) is 4.79 Å². The van der Waals surface area contributed by atoms with Gasteiger partial charge in [0.2, 0.25) is 5.95 Å². The summed E-state index contributed by atoms with van der Waals surface area (Å²) in [4.78, 5) is 24.7. The van der Waals surface area contributed by atoms with Crippen molar-refractivity contribution in [3.63, 3.8) is 0 Å². The number of hydrogen-bond donors (Lipinski definition) is 1. The van der Waals surface area contributed by atoms with Crippen molar-refractivity contribution in [3.8, 4) is 34.0 Å². The number of esters is 1. The molecule has 3 aromatic rings. The number of aryl methyl sites for hydroxylation is 2. The number of benzene rings is 1. The van der Waals surface area contributed by atoms with Crippen molar-refractivity contribution in [2.24, 2.45) is 0 Å². The maximum atomic E-state index is 11.6. The van der Waals surface area contributed by atoms with Gasteiger partial charge >= 0.3 is 5.97 Å². The first-order chi connectivity index (χ1) is 12.9. The van der Waals surface area contributed by atoms with Crippen molar-refractivity contribution in [1.29, 1.82) is 0 Å². The normalized spacial score (nSPS) is 10.7. The molecule has 7 nitrogen and oxygen atoms in total. The van der Waals surface area contributed by atoms with Crippen LogP contribution in [-0.4, -0.2) is 28.0 Å². The van der Waals surface area contributed by atoms with Gasteiger partial charge in [-0.2, -0.15) is 0 Å². The molecule has 0 aliphatic carbocycles. The van der Waals surface area contributed by atoms with E-state index < -0.39 is 5.97 Å². The van der Waals surface area contributed by atoms with Crippen LogP contribution in [0.3, 0.4) is 0 Å². The number of ether oxygens (including phenoxy) is 2. The second-order valence-corrected chi connectivity index (χ2v) is 6.91. The summed E-state index contributed by atoms with van der Waals surface area (Å²) >= 11 is 1.53. The summed E-state index contributed by atoms with van der Waals surface area (Å²) in [5, 5.41) is 2.86. The minimum absolute atomic E-state index is 0.128. The molecule has 0 unspecified atom stereocenters. The van der Waals surface area contributed by atoms with E-state index in [1.54, 1.807) is 19.4 Å². The van der Waals surface area contributed by atoms with Crippen LogP contribution in [0.25, 0.3) is 22.5 Å². The third-order valence-corrected chi connectivity index (χ3v) is 4.75. The Labute approximate surface area is 161 Å². The van der Waals surface area contributed by atoms with Crippen LogP contribution in [0, 0.1) is 6.92 Å². The molecular formula is C19H20N4O3S. The van der Waals surface area contributed by atoms with Crippen molar-refractivity contribution in [2.45, 2.75) is 27.2 Å². The van der Waals surface area contributed by atoms with Gasteiger partial charge in [0.15, 0.2) is 0 Å². The molecule has 3 rings (SSSR count). The van der Waals surface area contributed by atoms with Crippen molar-refractivity contribution in [1.82, 2.24) is 15.0 Å². The molecular weight excluding hydrogens is 364 g/mol. The molecule has 0 radical (unpaired) electrons. The third-order valence-electron chi connectivity index (χ3n) is 3.97. The first-order valence-corrected chi connectivity index (χ1v) is 9.25. The highest BCUT2D eigenvalue weighted by Crippen LogP contribution is 2.40. The number of carbonyl (C=O) groups is 1. The summed E-state index contributed by atoms with van der Waals surface area (Å²) in [5.41, 5.74) is 9.47. The lowest BCUT2D eigenvalue weighted by Gasteiger charge is -2.16. The Morgan fingerprint density at radius 2 is 2.00 bits per heavy atom. The predicted octanol–water partition coefficient (Wildman–Crippen LogP) is 3.65. The molecule has 0 bridgehead atoms. The van der Waals surface area contributed by atoms with Gasteiger partial charge in [-0.05, 0) is 25.0 Å². The van der Waals surface area contributed by atoms with Crippen LogP contribution in [0.4, 0.5) is 5.95 Å². The molecule has 2 N–H and O–H groups in total. The van der Waals surface area contributed by atoms with Gasteiger partial charge in [0.25, 0.3) is 0 Å². The Morgan fingerprint density at radius 1 is 1.22 bits per heavy atom. The largest absolute Gasteiger partial charge is 0.496 e. The van der Waals surface area contributed by atoms with Gasteiger partial charge in [-0.25, -0.2) is 15.0 Å². The lowest BCUT2D eigenvalue weighted by atomic mass is 10.00. The van der Waals surface area contributed by atoms with Crippen LogP contribution in [0.5, 0.6) is 11.5 Å². The molecule has 1 aromatic carbocycles. The topological polar surface area (TPSA) is 100 Å². The monoisotopic (exact) mass is 384 g/mol. The second kappa shape index (κ2) is 7.71. The Kier molecular flexibility index (Phi) is 5.36. The van der Waals surface area contributed by atoms with Gasteiger partial charge in [-0.1, -0.05) is 6.92 Å². The van der Waals surface area contributed by atoms with Crippen molar-refractivity contribution < 1.29 is 14.3 Å². The maximum Gasteiger partial charge on any atom is 0.308 e. The van der Waals surface area contributed by atoms with E-state index in [4.69, 9.17) is 15.2 Å². The van der Waals surface area contributed by atoms with Crippen molar-refractivity contribution in [3.05, 3.63) is 34.3 Å². The van der Waals surface area contributed by atoms with Crippen molar-refractivity contribution in [2.75, 3.05) is 12.8 Å². The smallest absolute Gasteiger partial charge is 0.308 e. The molecule has 2 aromatic heterocycles. The molecule has 140 valence electrons. The van der Waals surface area contributed by atoms with E-state index >= 15 is 0 Å². The number of methoxy groups -OCH3 is 1. The fourth-order valence-electron chi connectivity index (χ4n) is 2.77. The average Bonchev–Trinajstić information content (AvgIpc) is 3.07. The van der Waals surface area contributed by atoms with Gasteiger partial charge < -0.3 is 15.2 Å². The highest BCUT2D eigenvalue weighted by atomic mass is 32.1. The molecule has 0 saturated carbocycles. The average molecular weight is 384 g/mol. The van der Waals surface area contributed by atoms with Crippen molar-refractivity contribution >= 4 is 23.3 Å². The van der Waals surface area contributed by atoms with Crippen LogP contribution in [-0.2, 0) is 11.2 Å². The lowest BCUT2D eigenvalue weighted by molar-refractivity contribution is -0.131. The number of nitrogens with zero attached hydrogens (tertiary/aromatic N) is 3. The first kappa shape index (κ1) is 18.8. The van der Waals surface area contributed by atoms with Crippen LogP contribution in [0.2, 0.25) is 0 Å². The molecule has 0 amide bonds. The molecule has 0 saturated heterocycles. The summed E-state index contributed by atoms with van der Waals surface area (Å²) < 4.78 is 10.9. The quantitative estimate of drug-likeness (QED) is 0.529. The fourth-order valence-corrected chi connectivity index (χ4v) is 3.38. The van der Waals surface area contributed by atoms with E-state index in [9.17, 15) is 4.79 Å². The standard InChI is InChI=1S/C19H20N4O3S/c1-5-12-6-13(17(26-11(3)24)7-16(12)25-4)18-14(8-21-19(20)23-18)15-9-27-10(2)22-15/h6-9H,5H2,1-4H3,(H2,20,21,23). The lowest BCUT2D eigenvalue weighted by Crippen LogP contribution is -2.06. The number of anilines is 1. The van der Waals surface area contributed by atoms with E-state index in [-0.39, 0.29) is 5.95 Å². The molecule has 0 aliphatic heterocycles. The fraction of sp³-hybridized carbons (Fsp3) is 0.263. The number of carbonyl (C=O) groups excluding carboxylic acids is 1. The highest BCUT2D eigenvalue weighted by Gasteiger charge is 2.20. The van der Waals surface area contributed by atoms with E-state index in [2.05, 4.69) is 15.0 Å². The van der Waals surface area contributed by atoms with E-state index in [0.29, 0.717) is 28.3 Å². The highest BCUT2D eigenvalue weighted by molar-refractivity contribution is 7.09. The van der Waals surface area contributed by atoms with Gasteiger partial charge in [0, 0.05) is 35.7 Å². The Morgan fingerprint density at radius 3 is 2.59 bits per heavy atom. The number of hydrogen-bond acceptors (Lipinski definition) is 8. The Hall–Kier alpha value is -3.00. The van der Waals surface area contributed by atoms with Gasteiger partial charge in [0.05, 0.1) is 23.5 Å². The van der Waals surface area contributed by atoms with Crippen LogP contribution in [0.1, 0.15) is 24.4 Å². The van der Waals surface area contributed by atoms with Crippen LogP contribution in [0.15, 0.2) is 23.7 Å². The second-order valence-electron chi connectivity index (χ2n) is 5.85. The van der Waals surface area contributed by atoms with Gasteiger partial charge in [-0.15, -0.1) is 11.3 Å². The number of aromatic nitrogens is 3. The number of nitrogen functional groups attached to an aromatic ring is 1. The van der Waals surface area contributed by atoms with Crippen LogP contribution >= 0.6 is 11.3 Å². The zero-order valence-corrected chi connectivity index (χ0v) is 16.4. The van der Waals surface area contributed by atoms with Gasteiger partial charge in [0.1, 0.15) is 11.5 Å². The predicted molar refractivity (Wildman–Crippen MR) is 105 cm³/mol. The third kappa shape index (κ3) is 3.90. The number of nitrogens with two attached hydrogens (primary N) is 1. The molecule has 0 fully saturated rings. The molecule has 2 heterocycles. The summed E-state index contributed by atoms with van der Waals surface area (Å²) in [7, 11) is 1.58. The zero-order chi connectivity index (χ0) is 19.6. The summed E-state index contributed by atoms with van der Waals surface area (Å²) in [6.07, 6.45) is 2.38. The SMILES string of the molecule is CCc1cc(-c2nc(N)ncc2-c2csc(C)n2)c(OC(C)=O)cc1OC. The number of rotatable bonds is 5. The maximum absolute atomic E-state index is 11.6. The molecule has 0 aliphatic rings. The summed E-state index contributed by atoms with van der Waals surface area (Å²) in [6, 6.07) is 3.60. The van der Waals surface area contributed by atoms with Crippen LogP contribution < -0.4 is 15.2 Å². The first-order valence-electron chi connectivity index (χ1n) is 8.37. The van der Waals surface area contributed by atoms with E-state index in [0.717, 1.165) is 22.7 Å². The summed E-state index contributed by atoms with van der Waals surface area (Å²) in [6.45, 7) is 5.30. The minimum atomic E-state index is -0.435. The molecule has 27 heavy (non-hydrogen) atoms. The molecule has 0 atom stereocenters. The van der Waals surface area contributed by atoms with E-state index in [1.807, 2.05) is 25.3 Å². The Bertz CT molecular complexity index is 1000. The Balaban J connectivity index is 2.29. The summed E-state index contributed by atoms with van der Waals surface area (Å²) in [5.74, 6) is 0.687. The number of thiazole rings is 1. The minimum Gasteiger partial charge on any atom is -0.496 e. The molecule has 0 spiro atoms.